The molecular formula is C15H19ClO3. The predicted octanol–water partition coefficient (Wildman–Crippen LogP) is 4.12. The lowest BCUT2D eigenvalue weighted by molar-refractivity contribution is 0.112. The molecule has 1 aliphatic rings. The molecule has 19 heavy (non-hydrogen) atoms. The lowest BCUT2D eigenvalue weighted by atomic mass is 9.89. The standard InChI is InChI=1S/C15H19ClO3/c1-10-3-5-12(6-4-10)19-15-13(16)7-11(9-17)8-14(15)18-2/h7-10,12H,3-6H2,1-2H3. The summed E-state index contributed by atoms with van der Waals surface area (Å²) in [5.74, 6) is 1.84. The molecule has 1 fully saturated rings. The van der Waals surface area contributed by atoms with Crippen molar-refractivity contribution >= 4 is 17.9 Å². The third kappa shape index (κ3) is 3.41. The molecule has 0 aromatic heterocycles. The van der Waals surface area contributed by atoms with Crippen LogP contribution in [0.1, 0.15) is 43.0 Å². The molecule has 1 aliphatic carbocycles. The maximum absolute atomic E-state index is 10.8. The highest BCUT2D eigenvalue weighted by Crippen LogP contribution is 2.38. The number of halogens is 1. The van der Waals surface area contributed by atoms with Crippen LogP contribution in [-0.2, 0) is 0 Å². The Morgan fingerprint density at radius 3 is 2.53 bits per heavy atom. The lowest BCUT2D eigenvalue weighted by Gasteiger charge is -2.27. The van der Waals surface area contributed by atoms with E-state index in [1.165, 1.54) is 12.8 Å². The van der Waals surface area contributed by atoms with Crippen molar-refractivity contribution < 1.29 is 14.3 Å². The Morgan fingerprint density at radius 1 is 1.26 bits per heavy atom. The summed E-state index contributed by atoms with van der Waals surface area (Å²) in [6.07, 6.45) is 5.37. The van der Waals surface area contributed by atoms with Gasteiger partial charge in [0.2, 0.25) is 0 Å². The van der Waals surface area contributed by atoms with E-state index in [-0.39, 0.29) is 6.10 Å². The van der Waals surface area contributed by atoms with E-state index in [2.05, 4.69) is 6.92 Å². The highest BCUT2D eigenvalue weighted by molar-refractivity contribution is 6.32. The number of aldehydes is 1. The number of rotatable bonds is 4. The fraction of sp³-hybridized carbons (Fsp3) is 0.533. The van der Waals surface area contributed by atoms with Gasteiger partial charge in [0.25, 0.3) is 0 Å². The number of carbonyl (C=O) groups is 1. The van der Waals surface area contributed by atoms with Gasteiger partial charge in [-0.15, -0.1) is 0 Å². The molecule has 0 bridgehead atoms. The van der Waals surface area contributed by atoms with E-state index in [1.807, 2.05) is 0 Å². The van der Waals surface area contributed by atoms with Gasteiger partial charge in [-0.05, 0) is 43.7 Å². The first-order chi connectivity index (χ1) is 9.13. The van der Waals surface area contributed by atoms with Crippen molar-refractivity contribution in [2.75, 3.05) is 7.11 Å². The fourth-order valence-electron chi connectivity index (χ4n) is 2.44. The summed E-state index contributed by atoms with van der Waals surface area (Å²) in [6.45, 7) is 2.27. The first kappa shape index (κ1) is 14.2. The van der Waals surface area contributed by atoms with E-state index in [0.717, 1.165) is 25.0 Å². The van der Waals surface area contributed by atoms with E-state index in [1.54, 1.807) is 19.2 Å². The maximum atomic E-state index is 10.8. The number of methoxy groups -OCH3 is 1. The van der Waals surface area contributed by atoms with Gasteiger partial charge in [-0.1, -0.05) is 18.5 Å². The summed E-state index contributed by atoms with van der Waals surface area (Å²) in [5.41, 5.74) is 0.492. The van der Waals surface area contributed by atoms with E-state index in [9.17, 15) is 4.79 Å². The predicted molar refractivity (Wildman–Crippen MR) is 75.4 cm³/mol. The van der Waals surface area contributed by atoms with Gasteiger partial charge in [0.05, 0.1) is 18.2 Å². The van der Waals surface area contributed by atoms with Crippen molar-refractivity contribution in [1.29, 1.82) is 0 Å². The highest BCUT2D eigenvalue weighted by Gasteiger charge is 2.22. The van der Waals surface area contributed by atoms with Gasteiger partial charge < -0.3 is 9.47 Å². The lowest BCUT2D eigenvalue weighted by Crippen LogP contribution is -2.23. The average molecular weight is 283 g/mol. The van der Waals surface area contributed by atoms with Crippen molar-refractivity contribution in [1.82, 2.24) is 0 Å². The fourth-order valence-corrected chi connectivity index (χ4v) is 2.70. The quantitative estimate of drug-likeness (QED) is 0.779. The Hall–Kier alpha value is -1.22. The number of benzene rings is 1. The Balaban J connectivity index is 2.17. The zero-order chi connectivity index (χ0) is 13.8. The monoisotopic (exact) mass is 282 g/mol. The number of hydrogen-bond acceptors (Lipinski definition) is 3. The van der Waals surface area contributed by atoms with E-state index in [0.29, 0.717) is 22.1 Å². The molecule has 0 amide bonds. The van der Waals surface area contributed by atoms with Crippen LogP contribution in [0.3, 0.4) is 0 Å². The molecule has 0 saturated heterocycles. The van der Waals surface area contributed by atoms with E-state index < -0.39 is 0 Å². The Morgan fingerprint density at radius 2 is 1.95 bits per heavy atom. The molecule has 104 valence electrons. The SMILES string of the molecule is COc1cc(C=O)cc(Cl)c1OC1CCC(C)CC1. The zero-order valence-electron chi connectivity index (χ0n) is 11.3. The van der Waals surface area contributed by atoms with Crippen LogP contribution >= 0.6 is 11.6 Å². The molecule has 0 unspecified atom stereocenters. The van der Waals surface area contributed by atoms with Crippen molar-refractivity contribution in [2.24, 2.45) is 5.92 Å². The average Bonchev–Trinajstić information content (AvgIpc) is 2.43. The van der Waals surface area contributed by atoms with Crippen molar-refractivity contribution in [3.05, 3.63) is 22.7 Å². The minimum absolute atomic E-state index is 0.185. The normalized spacial score (nSPS) is 22.9. The highest BCUT2D eigenvalue weighted by atomic mass is 35.5. The maximum Gasteiger partial charge on any atom is 0.180 e. The zero-order valence-corrected chi connectivity index (χ0v) is 12.1. The van der Waals surface area contributed by atoms with Crippen LogP contribution in [0.2, 0.25) is 5.02 Å². The van der Waals surface area contributed by atoms with Gasteiger partial charge in [-0.2, -0.15) is 0 Å². The van der Waals surface area contributed by atoms with Crippen molar-refractivity contribution in [2.45, 2.75) is 38.7 Å². The van der Waals surface area contributed by atoms with E-state index >= 15 is 0 Å². The Kier molecular flexibility index (Phi) is 4.70. The number of carbonyl (C=O) groups excluding carboxylic acids is 1. The largest absolute Gasteiger partial charge is 0.493 e. The first-order valence-electron chi connectivity index (χ1n) is 6.63. The molecule has 4 heteroatoms. The van der Waals surface area contributed by atoms with Gasteiger partial charge >= 0.3 is 0 Å². The summed E-state index contributed by atoms with van der Waals surface area (Å²) in [6, 6.07) is 3.26. The van der Waals surface area contributed by atoms with Crippen LogP contribution in [0.25, 0.3) is 0 Å². The molecule has 0 radical (unpaired) electrons. The molecule has 0 atom stereocenters. The number of ether oxygens (including phenoxy) is 2. The van der Waals surface area contributed by atoms with Gasteiger partial charge in [-0.25, -0.2) is 0 Å². The molecular weight excluding hydrogens is 264 g/mol. The van der Waals surface area contributed by atoms with Crippen LogP contribution in [0, 0.1) is 5.92 Å². The van der Waals surface area contributed by atoms with Gasteiger partial charge in [0, 0.05) is 5.56 Å². The minimum Gasteiger partial charge on any atom is -0.493 e. The summed E-state index contributed by atoms with van der Waals surface area (Å²) in [5, 5.41) is 0.431. The molecule has 0 N–H and O–H groups in total. The van der Waals surface area contributed by atoms with Crippen LogP contribution in [-0.4, -0.2) is 19.5 Å². The summed E-state index contributed by atoms with van der Waals surface area (Å²) < 4.78 is 11.2. The summed E-state index contributed by atoms with van der Waals surface area (Å²) in [7, 11) is 1.55. The van der Waals surface area contributed by atoms with Crippen LogP contribution in [0.5, 0.6) is 11.5 Å². The Labute approximate surface area is 118 Å². The second kappa shape index (κ2) is 6.29. The molecule has 3 nitrogen and oxygen atoms in total. The Bertz CT molecular complexity index is 451. The second-order valence-corrected chi connectivity index (χ2v) is 5.56. The van der Waals surface area contributed by atoms with Crippen LogP contribution in [0.4, 0.5) is 0 Å². The van der Waals surface area contributed by atoms with Gasteiger partial charge in [0.1, 0.15) is 6.29 Å². The smallest absolute Gasteiger partial charge is 0.180 e. The third-order valence-electron chi connectivity index (χ3n) is 3.64. The van der Waals surface area contributed by atoms with Gasteiger partial charge in [0.15, 0.2) is 11.5 Å². The third-order valence-corrected chi connectivity index (χ3v) is 3.92. The second-order valence-electron chi connectivity index (χ2n) is 5.15. The topological polar surface area (TPSA) is 35.5 Å². The molecule has 1 aromatic carbocycles. The van der Waals surface area contributed by atoms with Gasteiger partial charge in [-0.3, -0.25) is 4.79 Å². The molecule has 1 aromatic rings. The van der Waals surface area contributed by atoms with Crippen molar-refractivity contribution in [3.63, 3.8) is 0 Å². The van der Waals surface area contributed by atoms with Crippen LogP contribution in [0.15, 0.2) is 12.1 Å². The minimum atomic E-state index is 0.185. The van der Waals surface area contributed by atoms with Crippen LogP contribution < -0.4 is 9.47 Å². The summed E-state index contributed by atoms with van der Waals surface area (Å²) in [4.78, 5) is 10.8. The molecule has 0 spiro atoms. The molecule has 1 saturated carbocycles. The first-order valence-corrected chi connectivity index (χ1v) is 7.01. The van der Waals surface area contributed by atoms with E-state index in [4.69, 9.17) is 21.1 Å². The molecule has 2 rings (SSSR count). The molecule has 0 aliphatic heterocycles. The molecule has 0 heterocycles. The van der Waals surface area contributed by atoms with Crippen molar-refractivity contribution in [3.8, 4) is 11.5 Å². The number of hydrogen-bond donors (Lipinski definition) is 0. The summed E-state index contributed by atoms with van der Waals surface area (Å²) >= 11 is 6.18.